The quantitative estimate of drug-likeness (QED) is 0.724. The second kappa shape index (κ2) is 4.64. The fourth-order valence-corrected chi connectivity index (χ4v) is 1.08. The Hall–Kier alpha value is -1.06. The molecule has 0 aliphatic heterocycles. The molecule has 0 atom stereocenters. The molecule has 15 heavy (non-hydrogen) atoms. The molecule has 1 fully saturated rings. The third-order valence-corrected chi connectivity index (χ3v) is 2.26. The van der Waals surface area contributed by atoms with Crippen molar-refractivity contribution in [1.82, 2.24) is 10.6 Å². The van der Waals surface area contributed by atoms with Crippen LogP contribution in [0.25, 0.3) is 0 Å². The maximum absolute atomic E-state index is 11.4. The van der Waals surface area contributed by atoms with Crippen molar-refractivity contribution in [1.29, 1.82) is 0 Å². The van der Waals surface area contributed by atoms with E-state index in [0.717, 1.165) is 12.8 Å². The molecule has 4 nitrogen and oxygen atoms in total. The van der Waals surface area contributed by atoms with Crippen LogP contribution in [0.1, 0.15) is 40.0 Å². The first-order chi connectivity index (χ1) is 6.89. The number of carbonyl (C=O) groups excluding carboxylic acids is 2. The zero-order chi connectivity index (χ0) is 11.5. The van der Waals surface area contributed by atoms with Crippen molar-refractivity contribution in [3.63, 3.8) is 0 Å². The number of hydrogen-bond acceptors (Lipinski definition) is 2. The lowest BCUT2D eigenvalue weighted by molar-refractivity contribution is -0.128. The molecule has 0 aromatic heterocycles. The Morgan fingerprint density at radius 1 is 1.27 bits per heavy atom. The Labute approximate surface area is 90.8 Å². The fourth-order valence-electron chi connectivity index (χ4n) is 1.08. The number of amides is 2. The molecule has 2 amide bonds. The van der Waals surface area contributed by atoms with Gasteiger partial charge in [0.25, 0.3) is 0 Å². The zero-order valence-electron chi connectivity index (χ0n) is 9.72. The lowest BCUT2D eigenvalue weighted by atomic mass is 9.96. The summed E-state index contributed by atoms with van der Waals surface area (Å²) in [5.41, 5.74) is -0.382. The van der Waals surface area contributed by atoms with Crippen LogP contribution in [-0.2, 0) is 9.59 Å². The van der Waals surface area contributed by atoms with Crippen LogP contribution < -0.4 is 10.6 Å². The molecule has 1 rings (SSSR count). The minimum Gasteiger partial charge on any atom is -0.355 e. The molecule has 0 bridgehead atoms. The summed E-state index contributed by atoms with van der Waals surface area (Å²) in [4.78, 5) is 22.7. The Morgan fingerprint density at radius 3 is 2.33 bits per heavy atom. The standard InChI is InChI=1S/C11H20N2O2/c1-11(2,3)10(15)12-7-6-9(14)13-8-4-5-8/h8H,4-7H2,1-3H3,(H,12,15)(H,13,14). The molecule has 0 aromatic carbocycles. The molecule has 0 spiro atoms. The minimum atomic E-state index is -0.382. The van der Waals surface area contributed by atoms with Crippen LogP contribution in [0.15, 0.2) is 0 Å². The third kappa shape index (κ3) is 4.81. The maximum atomic E-state index is 11.4. The highest BCUT2D eigenvalue weighted by molar-refractivity contribution is 5.82. The van der Waals surface area contributed by atoms with Gasteiger partial charge in [-0.1, -0.05) is 20.8 Å². The van der Waals surface area contributed by atoms with E-state index in [1.54, 1.807) is 0 Å². The molecular formula is C11H20N2O2. The van der Waals surface area contributed by atoms with Crippen molar-refractivity contribution in [2.45, 2.75) is 46.1 Å². The molecule has 2 N–H and O–H groups in total. The molecule has 0 saturated heterocycles. The molecule has 4 heteroatoms. The normalized spacial score (nSPS) is 15.9. The highest BCUT2D eigenvalue weighted by Gasteiger charge is 2.23. The van der Waals surface area contributed by atoms with Gasteiger partial charge >= 0.3 is 0 Å². The van der Waals surface area contributed by atoms with E-state index in [4.69, 9.17) is 0 Å². The number of nitrogens with one attached hydrogen (secondary N) is 2. The van der Waals surface area contributed by atoms with Gasteiger partial charge in [-0.2, -0.15) is 0 Å². The average molecular weight is 212 g/mol. The van der Waals surface area contributed by atoms with E-state index in [1.807, 2.05) is 20.8 Å². The summed E-state index contributed by atoms with van der Waals surface area (Å²) in [5, 5.41) is 5.62. The summed E-state index contributed by atoms with van der Waals surface area (Å²) >= 11 is 0. The summed E-state index contributed by atoms with van der Waals surface area (Å²) in [6.07, 6.45) is 2.57. The number of hydrogen-bond donors (Lipinski definition) is 2. The summed E-state index contributed by atoms with van der Waals surface area (Å²) in [5.74, 6) is 0.0217. The van der Waals surface area contributed by atoms with E-state index in [9.17, 15) is 9.59 Å². The van der Waals surface area contributed by atoms with E-state index in [2.05, 4.69) is 10.6 Å². The van der Waals surface area contributed by atoms with Gasteiger partial charge in [-0.05, 0) is 12.8 Å². The van der Waals surface area contributed by atoms with Crippen LogP contribution in [0.5, 0.6) is 0 Å². The predicted molar refractivity (Wildman–Crippen MR) is 58.2 cm³/mol. The fraction of sp³-hybridized carbons (Fsp3) is 0.818. The Kier molecular flexibility index (Phi) is 3.72. The predicted octanol–water partition coefficient (Wildman–Crippen LogP) is 0.817. The lowest BCUT2D eigenvalue weighted by Gasteiger charge is -2.17. The molecular weight excluding hydrogens is 192 g/mol. The van der Waals surface area contributed by atoms with Crippen molar-refractivity contribution in [3.05, 3.63) is 0 Å². The van der Waals surface area contributed by atoms with Crippen molar-refractivity contribution in [2.75, 3.05) is 6.54 Å². The minimum absolute atomic E-state index is 0.0123. The van der Waals surface area contributed by atoms with Gasteiger partial charge in [-0.25, -0.2) is 0 Å². The van der Waals surface area contributed by atoms with Crippen molar-refractivity contribution in [3.8, 4) is 0 Å². The molecule has 0 radical (unpaired) electrons. The van der Waals surface area contributed by atoms with Crippen LogP contribution in [0.4, 0.5) is 0 Å². The highest BCUT2D eigenvalue weighted by atomic mass is 16.2. The lowest BCUT2D eigenvalue weighted by Crippen LogP contribution is -2.37. The summed E-state index contributed by atoms with van der Waals surface area (Å²) in [6.45, 7) is 5.99. The third-order valence-electron chi connectivity index (χ3n) is 2.26. The topological polar surface area (TPSA) is 58.2 Å². The van der Waals surface area contributed by atoms with Crippen LogP contribution in [0, 0.1) is 5.41 Å². The molecule has 0 heterocycles. The van der Waals surface area contributed by atoms with E-state index in [0.29, 0.717) is 19.0 Å². The van der Waals surface area contributed by atoms with Crippen LogP contribution in [0.3, 0.4) is 0 Å². The number of carbonyl (C=O) groups is 2. The Bertz CT molecular complexity index is 252. The van der Waals surface area contributed by atoms with Crippen molar-refractivity contribution >= 4 is 11.8 Å². The zero-order valence-corrected chi connectivity index (χ0v) is 9.72. The summed E-state index contributed by atoms with van der Waals surface area (Å²) in [7, 11) is 0. The SMILES string of the molecule is CC(C)(C)C(=O)NCCC(=O)NC1CC1. The van der Waals surface area contributed by atoms with Gasteiger partial charge in [0.2, 0.25) is 11.8 Å². The first kappa shape index (κ1) is 12.0. The molecule has 86 valence electrons. The Morgan fingerprint density at radius 2 is 1.87 bits per heavy atom. The van der Waals surface area contributed by atoms with Crippen LogP contribution in [0.2, 0.25) is 0 Å². The summed E-state index contributed by atoms with van der Waals surface area (Å²) in [6, 6.07) is 0.399. The van der Waals surface area contributed by atoms with E-state index in [-0.39, 0.29) is 17.2 Å². The second-order valence-corrected chi connectivity index (χ2v) is 5.10. The van der Waals surface area contributed by atoms with Gasteiger partial charge in [-0.3, -0.25) is 9.59 Å². The van der Waals surface area contributed by atoms with Gasteiger partial charge in [-0.15, -0.1) is 0 Å². The van der Waals surface area contributed by atoms with Crippen molar-refractivity contribution in [2.24, 2.45) is 5.41 Å². The molecule has 1 aliphatic carbocycles. The van der Waals surface area contributed by atoms with E-state index < -0.39 is 0 Å². The van der Waals surface area contributed by atoms with Crippen LogP contribution in [-0.4, -0.2) is 24.4 Å². The smallest absolute Gasteiger partial charge is 0.225 e. The van der Waals surface area contributed by atoms with E-state index in [1.165, 1.54) is 0 Å². The van der Waals surface area contributed by atoms with Gasteiger partial charge < -0.3 is 10.6 Å². The monoisotopic (exact) mass is 212 g/mol. The largest absolute Gasteiger partial charge is 0.355 e. The average Bonchev–Trinajstić information content (AvgIpc) is 2.86. The molecule has 0 aromatic rings. The van der Waals surface area contributed by atoms with Gasteiger partial charge in [0.05, 0.1) is 0 Å². The first-order valence-electron chi connectivity index (χ1n) is 5.47. The second-order valence-electron chi connectivity index (χ2n) is 5.10. The molecule has 1 aliphatic rings. The highest BCUT2D eigenvalue weighted by Crippen LogP contribution is 2.18. The van der Waals surface area contributed by atoms with Gasteiger partial charge in [0, 0.05) is 24.4 Å². The maximum Gasteiger partial charge on any atom is 0.225 e. The Balaban J connectivity index is 2.09. The molecule has 1 saturated carbocycles. The first-order valence-corrected chi connectivity index (χ1v) is 5.47. The summed E-state index contributed by atoms with van der Waals surface area (Å²) < 4.78 is 0. The van der Waals surface area contributed by atoms with Crippen LogP contribution >= 0.6 is 0 Å². The van der Waals surface area contributed by atoms with Gasteiger partial charge in [0.1, 0.15) is 0 Å². The molecule has 0 unspecified atom stereocenters. The van der Waals surface area contributed by atoms with E-state index >= 15 is 0 Å². The number of rotatable bonds is 4. The van der Waals surface area contributed by atoms with Crippen molar-refractivity contribution < 1.29 is 9.59 Å². The van der Waals surface area contributed by atoms with Gasteiger partial charge in [0.15, 0.2) is 0 Å².